The van der Waals surface area contributed by atoms with Crippen LogP contribution in [0.3, 0.4) is 0 Å². The summed E-state index contributed by atoms with van der Waals surface area (Å²) in [6, 6.07) is 21.8. The Morgan fingerprint density at radius 1 is 0.914 bits per heavy atom. The van der Waals surface area contributed by atoms with Gasteiger partial charge in [0.1, 0.15) is 0 Å². The van der Waals surface area contributed by atoms with Crippen molar-refractivity contribution in [3.05, 3.63) is 93.4 Å². The molecule has 178 valence electrons. The smallest absolute Gasteiger partial charge is 0.322 e. The second kappa shape index (κ2) is 10.1. The number of nitrogens with zero attached hydrogens (tertiary/aromatic N) is 6. The number of benzene rings is 3. The summed E-state index contributed by atoms with van der Waals surface area (Å²) in [7, 11) is 0. The fraction of sp³-hybridized carbons (Fsp3) is 0.167. The van der Waals surface area contributed by atoms with Crippen LogP contribution in [0.2, 0.25) is 15.1 Å². The summed E-state index contributed by atoms with van der Waals surface area (Å²) in [4.78, 5) is 17.1. The summed E-state index contributed by atoms with van der Waals surface area (Å²) in [6.07, 6.45) is 0. The molecule has 2 heterocycles. The molecule has 1 saturated heterocycles. The second-order valence-corrected chi connectivity index (χ2v) is 9.19. The van der Waals surface area contributed by atoms with Crippen LogP contribution in [0, 0.1) is 0 Å². The summed E-state index contributed by atoms with van der Waals surface area (Å²) >= 11 is 18.6. The molecule has 35 heavy (non-hydrogen) atoms. The maximum atomic E-state index is 13.3. The first kappa shape index (κ1) is 23.4. The van der Waals surface area contributed by atoms with Crippen molar-refractivity contribution in [3.8, 4) is 5.69 Å². The highest BCUT2D eigenvalue weighted by atomic mass is 35.5. The van der Waals surface area contributed by atoms with Crippen LogP contribution >= 0.6 is 34.8 Å². The van der Waals surface area contributed by atoms with E-state index in [0.717, 1.165) is 5.56 Å². The first-order valence-corrected chi connectivity index (χ1v) is 12.0. The van der Waals surface area contributed by atoms with Gasteiger partial charge in [0.25, 0.3) is 5.95 Å². The summed E-state index contributed by atoms with van der Waals surface area (Å²) in [5, 5.41) is 16.6. The number of tetrazole rings is 1. The lowest BCUT2D eigenvalue weighted by Gasteiger charge is -2.41. The van der Waals surface area contributed by atoms with Gasteiger partial charge in [-0.3, -0.25) is 0 Å². The van der Waals surface area contributed by atoms with Crippen LogP contribution in [0.5, 0.6) is 0 Å². The van der Waals surface area contributed by atoms with Gasteiger partial charge in [0.15, 0.2) is 0 Å². The fourth-order valence-corrected chi connectivity index (χ4v) is 4.59. The van der Waals surface area contributed by atoms with Crippen molar-refractivity contribution < 1.29 is 4.79 Å². The van der Waals surface area contributed by atoms with Gasteiger partial charge in [-0.25, -0.2) is 4.79 Å². The Morgan fingerprint density at radius 3 is 2.46 bits per heavy atom. The predicted octanol–water partition coefficient (Wildman–Crippen LogP) is 5.72. The fourth-order valence-electron chi connectivity index (χ4n) is 4.09. The minimum Gasteiger partial charge on any atom is -0.335 e. The standard InChI is InChI=1S/C24H20Cl3N7O/c25-17-9-11-18(12-10-17)28-24(35)33-14-13-32(15-21(33)16-5-2-1-3-6-16)23-29-30-31-34(23)20-8-4-7-19(26)22(20)27/h1-12,21H,13-15H2,(H,28,35). The first-order chi connectivity index (χ1) is 17.0. The van der Waals surface area contributed by atoms with Crippen molar-refractivity contribution in [2.45, 2.75) is 6.04 Å². The summed E-state index contributed by atoms with van der Waals surface area (Å²) in [5.41, 5.74) is 2.26. The van der Waals surface area contributed by atoms with E-state index in [9.17, 15) is 4.79 Å². The normalized spacial score (nSPS) is 15.8. The van der Waals surface area contributed by atoms with E-state index in [2.05, 4.69) is 20.8 Å². The maximum Gasteiger partial charge on any atom is 0.322 e. The zero-order valence-electron chi connectivity index (χ0n) is 18.4. The van der Waals surface area contributed by atoms with E-state index < -0.39 is 0 Å². The number of hydrogen-bond acceptors (Lipinski definition) is 5. The molecule has 0 saturated carbocycles. The lowest BCUT2D eigenvalue weighted by atomic mass is 10.0. The van der Waals surface area contributed by atoms with E-state index >= 15 is 0 Å². The van der Waals surface area contributed by atoms with Gasteiger partial charge < -0.3 is 15.1 Å². The van der Waals surface area contributed by atoms with E-state index in [0.29, 0.717) is 52.0 Å². The van der Waals surface area contributed by atoms with Crippen molar-refractivity contribution in [1.82, 2.24) is 25.1 Å². The Balaban J connectivity index is 1.43. The Kier molecular flexibility index (Phi) is 6.77. The zero-order valence-corrected chi connectivity index (χ0v) is 20.6. The minimum absolute atomic E-state index is 0.196. The third-order valence-electron chi connectivity index (χ3n) is 5.82. The third kappa shape index (κ3) is 4.91. The number of rotatable bonds is 4. The molecule has 1 fully saturated rings. The van der Waals surface area contributed by atoms with Crippen LogP contribution < -0.4 is 10.2 Å². The predicted molar refractivity (Wildman–Crippen MR) is 138 cm³/mol. The molecule has 1 atom stereocenters. The number of halogens is 3. The lowest BCUT2D eigenvalue weighted by molar-refractivity contribution is 0.178. The molecule has 11 heteroatoms. The number of aromatic nitrogens is 4. The largest absolute Gasteiger partial charge is 0.335 e. The quantitative estimate of drug-likeness (QED) is 0.367. The molecular formula is C24H20Cl3N7O. The Morgan fingerprint density at radius 2 is 1.69 bits per heavy atom. The molecule has 1 unspecified atom stereocenters. The molecular weight excluding hydrogens is 509 g/mol. The van der Waals surface area contributed by atoms with Gasteiger partial charge in [0.2, 0.25) is 0 Å². The highest BCUT2D eigenvalue weighted by molar-refractivity contribution is 6.43. The van der Waals surface area contributed by atoms with E-state index in [-0.39, 0.29) is 12.1 Å². The zero-order chi connectivity index (χ0) is 24.4. The minimum atomic E-state index is -0.239. The maximum absolute atomic E-state index is 13.3. The Bertz CT molecular complexity index is 1330. The van der Waals surface area contributed by atoms with Crippen LogP contribution in [0.4, 0.5) is 16.4 Å². The number of nitrogens with one attached hydrogen (secondary N) is 1. The lowest BCUT2D eigenvalue weighted by Crippen LogP contribution is -2.52. The van der Waals surface area contributed by atoms with Crippen molar-refractivity contribution in [2.75, 3.05) is 29.9 Å². The molecule has 5 rings (SSSR count). The van der Waals surface area contributed by atoms with Gasteiger partial charge in [-0.2, -0.15) is 4.68 Å². The SMILES string of the molecule is O=C(Nc1ccc(Cl)cc1)N1CCN(c2nnnn2-c2cccc(Cl)c2Cl)CC1c1ccccc1. The molecule has 0 aliphatic carbocycles. The molecule has 1 aliphatic heterocycles. The van der Waals surface area contributed by atoms with Crippen molar-refractivity contribution in [1.29, 1.82) is 0 Å². The number of carbonyl (C=O) groups excluding carboxylic acids is 1. The molecule has 4 aromatic rings. The average molecular weight is 529 g/mol. The van der Waals surface area contributed by atoms with Crippen LogP contribution in [0.1, 0.15) is 11.6 Å². The van der Waals surface area contributed by atoms with Crippen LogP contribution in [0.15, 0.2) is 72.8 Å². The Hall–Kier alpha value is -3.33. The molecule has 0 bridgehead atoms. The molecule has 2 amide bonds. The van der Waals surface area contributed by atoms with Crippen LogP contribution in [-0.2, 0) is 0 Å². The van der Waals surface area contributed by atoms with Gasteiger partial charge in [0, 0.05) is 30.3 Å². The van der Waals surface area contributed by atoms with Crippen LogP contribution in [-0.4, -0.2) is 50.8 Å². The number of carbonyl (C=O) groups is 1. The number of hydrogen-bond donors (Lipinski definition) is 1. The number of amides is 2. The van der Waals surface area contributed by atoms with E-state index in [1.54, 1.807) is 47.1 Å². The monoisotopic (exact) mass is 527 g/mol. The molecule has 0 radical (unpaired) electrons. The summed E-state index contributed by atoms with van der Waals surface area (Å²) < 4.78 is 1.57. The van der Waals surface area contributed by atoms with Gasteiger partial charge in [-0.15, -0.1) is 0 Å². The van der Waals surface area contributed by atoms with Crippen molar-refractivity contribution in [3.63, 3.8) is 0 Å². The molecule has 1 N–H and O–H groups in total. The first-order valence-electron chi connectivity index (χ1n) is 10.9. The highest BCUT2D eigenvalue weighted by Crippen LogP contribution is 2.32. The number of anilines is 2. The summed E-state index contributed by atoms with van der Waals surface area (Å²) in [5.74, 6) is 0.521. The van der Waals surface area contributed by atoms with Crippen molar-refractivity contribution >= 4 is 52.5 Å². The van der Waals surface area contributed by atoms with E-state index in [1.165, 1.54) is 0 Å². The number of piperazine rings is 1. The summed E-state index contributed by atoms with van der Waals surface area (Å²) in [6.45, 7) is 1.46. The molecule has 1 aliphatic rings. The van der Waals surface area contributed by atoms with E-state index in [4.69, 9.17) is 34.8 Å². The molecule has 8 nitrogen and oxygen atoms in total. The average Bonchev–Trinajstić information content (AvgIpc) is 3.37. The molecule has 3 aromatic carbocycles. The van der Waals surface area contributed by atoms with Crippen LogP contribution in [0.25, 0.3) is 5.69 Å². The molecule has 1 aromatic heterocycles. The third-order valence-corrected chi connectivity index (χ3v) is 6.88. The highest BCUT2D eigenvalue weighted by Gasteiger charge is 2.34. The molecule has 0 spiro atoms. The van der Waals surface area contributed by atoms with Gasteiger partial charge >= 0.3 is 6.03 Å². The number of urea groups is 1. The Labute approximate surface area is 217 Å². The van der Waals surface area contributed by atoms with Gasteiger partial charge in [-0.1, -0.05) is 76.3 Å². The van der Waals surface area contributed by atoms with Gasteiger partial charge in [-0.05, 0) is 52.4 Å². The van der Waals surface area contributed by atoms with Gasteiger partial charge in [0.05, 0.1) is 21.8 Å². The second-order valence-electron chi connectivity index (χ2n) is 7.97. The van der Waals surface area contributed by atoms with Crippen molar-refractivity contribution in [2.24, 2.45) is 0 Å². The topological polar surface area (TPSA) is 79.2 Å². The van der Waals surface area contributed by atoms with E-state index in [1.807, 2.05) is 40.1 Å².